The van der Waals surface area contributed by atoms with Crippen LogP contribution in [0.5, 0.6) is 0 Å². The zero-order chi connectivity index (χ0) is 21.6. The van der Waals surface area contributed by atoms with Gasteiger partial charge in [0.1, 0.15) is 0 Å². The summed E-state index contributed by atoms with van der Waals surface area (Å²) in [6, 6.07) is 0. The largest absolute Gasteiger partial charge is 0.465 e. The quantitative estimate of drug-likeness (QED) is 0.284. The van der Waals surface area contributed by atoms with Crippen LogP contribution in [-0.4, -0.2) is 31.5 Å². The highest BCUT2D eigenvalue weighted by molar-refractivity contribution is 7.81. The summed E-state index contributed by atoms with van der Waals surface area (Å²) in [6.07, 6.45) is 7.77. The number of unbranched alkanes of at least 4 members (excludes halogenated alkanes) is 2. The van der Waals surface area contributed by atoms with Crippen molar-refractivity contribution in [1.29, 1.82) is 0 Å². The van der Waals surface area contributed by atoms with E-state index in [-0.39, 0.29) is 18.3 Å². The molecule has 7 nitrogen and oxygen atoms in total. The second-order valence-corrected chi connectivity index (χ2v) is 8.50. The Morgan fingerprint density at radius 2 is 1.46 bits per heavy atom. The zero-order valence-electron chi connectivity index (χ0n) is 17.8. The lowest BCUT2D eigenvalue weighted by Crippen LogP contribution is -2.27. The van der Waals surface area contributed by atoms with E-state index in [2.05, 4.69) is 18.0 Å². The van der Waals surface area contributed by atoms with Crippen molar-refractivity contribution in [2.24, 2.45) is 17.8 Å². The van der Waals surface area contributed by atoms with Crippen LogP contribution < -0.4 is 0 Å². The fourth-order valence-corrected chi connectivity index (χ4v) is 3.53. The predicted molar refractivity (Wildman–Crippen MR) is 108 cm³/mol. The van der Waals surface area contributed by atoms with Crippen molar-refractivity contribution >= 4 is 22.3 Å². The van der Waals surface area contributed by atoms with E-state index in [0.29, 0.717) is 13.0 Å². The number of carbonyl (C=O) groups excluding carboxylic acids is 2. The van der Waals surface area contributed by atoms with Crippen molar-refractivity contribution in [3.63, 3.8) is 0 Å². The van der Waals surface area contributed by atoms with Crippen molar-refractivity contribution in [2.45, 2.75) is 91.9 Å². The van der Waals surface area contributed by atoms with Crippen LogP contribution in [0.3, 0.4) is 0 Å². The summed E-state index contributed by atoms with van der Waals surface area (Å²) in [6.45, 7) is 8.50. The highest BCUT2D eigenvalue weighted by atomic mass is 32.3. The minimum Gasteiger partial charge on any atom is -0.465 e. The van der Waals surface area contributed by atoms with E-state index < -0.39 is 28.3 Å². The van der Waals surface area contributed by atoms with Gasteiger partial charge in [-0.2, -0.15) is 8.42 Å². The van der Waals surface area contributed by atoms with Gasteiger partial charge in [-0.05, 0) is 24.7 Å². The number of hydrogen-bond acceptors (Lipinski definition) is 6. The van der Waals surface area contributed by atoms with Crippen LogP contribution in [0, 0.1) is 17.8 Å². The molecule has 0 aliphatic carbocycles. The highest BCUT2D eigenvalue weighted by Gasteiger charge is 2.30. The zero-order valence-corrected chi connectivity index (χ0v) is 18.6. The molecule has 0 aromatic heterocycles. The minimum atomic E-state index is -4.91. The van der Waals surface area contributed by atoms with E-state index in [9.17, 15) is 18.0 Å². The SMILES string of the molecule is CCCCC(CC)COC(=O)CC(CC(CC)CCCC)C(=O)OS(=O)(=O)O. The summed E-state index contributed by atoms with van der Waals surface area (Å²) in [5.74, 6) is -2.16. The van der Waals surface area contributed by atoms with Gasteiger partial charge in [0.2, 0.25) is 0 Å². The Bertz CT molecular complexity index is 545. The summed E-state index contributed by atoms with van der Waals surface area (Å²) >= 11 is 0. The molecule has 0 saturated heterocycles. The molecular weight excluding hydrogens is 384 g/mol. The molecule has 0 rings (SSSR count). The van der Waals surface area contributed by atoms with Gasteiger partial charge in [0, 0.05) is 0 Å². The van der Waals surface area contributed by atoms with Gasteiger partial charge in [0.15, 0.2) is 0 Å². The van der Waals surface area contributed by atoms with E-state index in [1.54, 1.807) is 0 Å². The van der Waals surface area contributed by atoms with Gasteiger partial charge in [-0.25, -0.2) is 0 Å². The van der Waals surface area contributed by atoms with Crippen LogP contribution in [0.1, 0.15) is 91.9 Å². The monoisotopic (exact) mass is 422 g/mol. The summed E-state index contributed by atoms with van der Waals surface area (Å²) in [7, 11) is -4.91. The maximum Gasteiger partial charge on any atom is 0.448 e. The molecule has 0 saturated carbocycles. The number of esters is 1. The summed E-state index contributed by atoms with van der Waals surface area (Å²) < 4.78 is 40.1. The first kappa shape index (κ1) is 26.9. The molecule has 0 aliphatic heterocycles. The summed E-state index contributed by atoms with van der Waals surface area (Å²) in [5, 5.41) is 0. The fraction of sp³-hybridized carbons (Fsp3) is 0.900. The van der Waals surface area contributed by atoms with Crippen molar-refractivity contribution in [3.05, 3.63) is 0 Å². The van der Waals surface area contributed by atoms with Gasteiger partial charge in [-0.3, -0.25) is 14.1 Å². The van der Waals surface area contributed by atoms with Gasteiger partial charge in [0.05, 0.1) is 18.9 Å². The molecule has 0 fully saturated rings. The standard InChI is InChI=1S/C20H38O7S/c1-5-9-11-16(7-3)13-18(20(22)27-28(23,24)25)14-19(21)26-15-17(8-4)12-10-6-2/h16-18H,5-15H2,1-4H3,(H,23,24,25). The normalized spacial score (nSPS) is 14.9. The molecule has 0 aromatic carbocycles. The van der Waals surface area contributed by atoms with Gasteiger partial charge >= 0.3 is 22.3 Å². The molecule has 3 atom stereocenters. The van der Waals surface area contributed by atoms with Crippen LogP contribution >= 0.6 is 0 Å². The van der Waals surface area contributed by atoms with Gasteiger partial charge in [-0.15, -0.1) is 0 Å². The molecule has 0 aliphatic rings. The highest BCUT2D eigenvalue weighted by Crippen LogP contribution is 2.26. The summed E-state index contributed by atoms with van der Waals surface area (Å²) in [5.41, 5.74) is 0. The third-order valence-corrected chi connectivity index (χ3v) is 5.49. The number of rotatable bonds is 16. The van der Waals surface area contributed by atoms with Gasteiger partial charge in [-0.1, -0.05) is 72.6 Å². The fourth-order valence-electron chi connectivity index (χ4n) is 3.19. The second kappa shape index (κ2) is 14.8. The van der Waals surface area contributed by atoms with Crippen molar-refractivity contribution in [3.8, 4) is 0 Å². The van der Waals surface area contributed by atoms with Gasteiger partial charge < -0.3 is 8.92 Å². The Labute approximate surface area is 170 Å². The molecular formula is C20H38O7S. The molecule has 0 aromatic rings. The van der Waals surface area contributed by atoms with E-state index >= 15 is 0 Å². The van der Waals surface area contributed by atoms with Crippen LogP contribution in [0.2, 0.25) is 0 Å². The number of ether oxygens (including phenoxy) is 1. The number of hydrogen-bond donors (Lipinski definition) is 1. The Kier molecular flexibility index (Phi) is 14.2. The second-order valence-electron chi connectivity index (χ2n) is 7.48. The first-order valence-corrected chi connectivity index (χ1v) is 11.9. The van der Waals surface area contributed by atoms with E-state index in [1.165, 1.54) is 0 Å². The molecule has 8 heteroatoms. The van der Waals surface area contributed by atoms with Crippen LogP contribution in [-0.2, 0) is 28.9 Å². The molecule has 166 valence electrons. The maximum atomic E-state index is 12.3. The lowest BCUT2D eigenvalue weighted by atomic mass is 9.87. The Hall–Kier alpha value is -1.15. The third kappa shape index (κ3) is 13.1. The maximum absolute atomic E-state index is 12.3. The molecule has 3 unspecified atom stereocenters. The average molecular weight is 423 g/mol. The van der Waals surface area contributed by atoms with Crippen LogP contribution in [0.4, 0.5) is 0 Å². The topological polar surface area (TPSA) is 107 Å². The molecule has 0 amide bonds. The van der Waals surface area contributed by atoms with Gasteiger partial charge in [0.25, 0.3) is 0 Å². The molecule has 0 radical (unpaired) electrons. The first-order chi connectivity index (χ1) is 13.2. The Morgan fingerprint density at radius 1 is 0.929 bits per heavy atom. The average Bonchev–Trinajstić information content (AvgIpc) is 2.62. The molecule has 1 N–H and O–H groups in total. The number of carbonyl (C=O) groups is 2. The Balaban J connectivity index is 4.93. The third-order valence-electron chi connectivity index (χ3n) is 5.12. The van der Waals surface area contributed by atoms with Crippen molar-refractivity contribution < 1.29 is 31.5 Å². The summed E-state index contributed by atoms with van der Waals surface area (Å²) in [4.78, 5) is 24.4. The van der Waals surface area contributed by atoms with Crippen LogP contribution in [0.15, 0.2) is 0 Å². The predicted octanol–water partition coefficient (Wildman–Crippen LogP) is 4.70. The first-order valence-electron chi connectivity index (χ1n) is 10.5. The lowest BCUT2D eigenvalue weighted by molar-refractivity contribution is -0.152. The molecule has 28 heavy (non-hydrogen) atoms. The Morgan fingerprint density at radius 3 is 1.93 bits per heavy atom. The van der Waals surface area contributed by atoms with E-state index in [4.69, 9.17) is 9.29 Å². The van der Waals surface area contributed by atoms with Crippen molar-refractivity contribution in [1.82, 2.24) is 0 Å². The smallest absolute Gasteiger partial charge is 0.448 e. The van der Waals surface area contributed by atoms with E-state index in [1.807, 2.05) is 13.8 Å². The minimum absolute atomic E-state index is 0.166. The van der Waals surface area contributed by atoms with Crippen LogP contribution in [0.25, 0.3) is 0 Å². The molecule has 0 bridgehead atoms. The molecule has 0 heterocycles. The van der Waals surface area contributed by atoms with E-state index in [0.717, 1.165) is 51.4 Å². The van der Waals surface area contributed by atoms with Crippen molar-refractivity contribution in [2.75, 3.05) is 6.61 Å². The molecule has 0 spiro atoms. The lowest BCUT2D eigenvalue weighted by Gasteiger charge is -2.21.